The number of carbonyl (C=O) groups is 1. The monoisotopic (exact) mass is 499 g/mol. The van der Waals surface area contributed by atoms with Crippen LogP contribution in [0, 0.1) is 6.92 Å². The van der Waals surface area contributed by atoms with Gasteiger partial charge in [0, 0.05) is 24.3 Å². The second kappa shape index (κ2) is 10.3. The summed E-state index contributed by atoms with van der Waals surface area (Å²) in [5, 5.41) is 0. The minimum Gasteiger partial charge on any atom is -0.443 e. The van der Waals surface area contributed by atoms with Crippen molar-refractivity contribution in [2.45, 2.75) is 95.2 Å². The van der Waals surface area contributed by atoms with E-state index >= 15 is 0 Å². The van der Waals surface area contributed by atoms with Crippen LogP contribution in [0.3, 0.4) is 0 Å². The van der Waals surface area contributed by atoms with Gasteiger partial charge in [-0.05, 0) is 71.6 Å². The van der Waals surface area contributed by atoms with E-state index in [0.717, 1.165) is 49.7 Å². The molecule has 8 heteroatoms. The molecule has 1 aliphatic carbocycles. The molecular weight excluding hydrogens is 462 g/mol. The summed E-state index contributed by atoms with van der Waals surface area (Å²) in [5.41, 5.74) is 1.13. The Morgan fingerprint density at radius 3 is 2.37 bits per heavy atom. The highest BCUT2D eigenvalue weighted by molar-refractivity contribution is 7.89. The normalized spacial score (nSPS) is 20.1. The summed E-state index contributed by atoms with van der Waals surface area (Å²) in [6.45, 7) is 7.95. The molecule has 1 aromatic carbocycles. The molecule has 1 aromatic heterocycles. The second-order valence-electron chi connectivity index (χ2n) is 10.6. The fraction of sp³-hybridized carbons (Fsp3) is 0.556. The van der Waals surface area contributed by atoms with Crippen LogP contribution in [0.4, 0.5) is 10.6 Å². The van der Waals surface area contributed by atoms with Crippen molar-refractivity contribution in [2.75, 3.05) is 11.4 Å². The quantitative estimate of drug-likeness (QED) is 0.505. The van der Waals surface area contributed by atoms with Crippen LogP contribution in [0.25, 0.3) is 0 Å². The third kappa shape index (κ3) is 5.70. The number of anilines is 1. The molecule has 1 atom stereocenters. The van der Waals surface area contributed by atoms with Crippen molar-refractivity contribution in [1.29, 1.82) is 0 Å². The lowest BCUT2D eigenvalue weighted by molar-refractivity contribution is 0.0556. The lowest BCUT2D eigenvalue weighted by atomic mass is 9.93. The van der Waals surface area contributed by atoms with Crippen LogP contribution in [0.5, 0.6) is 0 Å². The molecule has 190 valence electrons. The smallest absolute Gasteiger partial charge is 0.416 e. The standard InChI is InChI=1S/C27H37N3O4S/c1-20-14-16-22(17-15-20)35(32,33)29-19-9-13-24(29)23-12-8-18-28-25(23)30(21-10-6-5-7-11-21)26(31)34-27(2,3)4/h8,12,14-18,21,24H,5-7,9-11,13,19H2,1-4H3. The maximum atomic E-state index is 13.6. The van der Waals surface area contributed by atoms with E-state index in [0.29, 0.717) is 18.8 Å². The third-order valence-electron chi connectivity index (χ3n) is 6.77. The Balaban J connectivity index is 1.74. The van der Waals surface area contributed by atoms with Crippen LogP contribution < -0.4 is 4.90 Å². The topological polar surface area (TPSA) is 79.8 Å². The number of rotatable bonds is 5. The van der Waals surface area contributed by atoms with Gasteiger partial charge in [-0.15, -0.1) is 0 Å². The average Bonchev–Trinajstić information content (AvgIpc) is 3.30. The van der Waals surface area contributed by atoms with Gasteiger partial charge in [0.25, 0.3) is 0 Å². The summed E-state index contributed by atoms with van der Waals surface area (Å²) in [7, 11) is -3.70. The molecule has 7 nitrogen and oxygen atoms in total. The van der Waals surface area contributed by atoms with Crippen molar-refractivity contribution in [2.24, 2.45) is 0 Å². The number of pyridine rings is 1. The molecule has 0 spiro atoms. The fourth-order valence-electron chi connectivity index (χ4n) is 5.11. The molecule has 0 bridgehead atoms. The predicted molar refractivity (Wildman–Crippen MR) is 137 cm³/mol. The van der Waals surface area contributed by atoms with Gasteiger partial charge in [-0.1, -0.05) is 43.0 Å². The Labute approximate surface area is 209 Å². The average molecular weight is 500 g/mol. The first-order valence-corrected chi connectivity index (χ1v) is 14.1. The largest absolute Gasteiger partial charge is 0.443 e. The van der Waals surface area contributed by atoms with Gasteiger partial charge in [0.15, 0.2) is 0 Å². The van der Waals surface area contributed by atoms with E-state index in [-0.39, 0.29) is 10.9 Å². The molecule has 0 N–H and O–H groups in total. The number of aromatic nitrogens is 1. The number of hydrogen-bond donors (Lipinski definition) is 0. The summed E-state index contributed by atoms with van der Waals surface area (Å²) >= 11 is 0. The van der Waals surface area contributed by atoms with Crippen LogP contribution in [0.15, 0.2) is 47.5 Å². The van der Waals surface area contributed by atoms with Gasteiger partial charge in [0.1, 0.15) is 11.4 Å². The van der Waals surface area contributed by atoms with E-state index in [1.54, 1.807) is 27.5 Å². The molecule has 1 saturated carbocycles. The van der Waals surface area contributed by atoms with Gasteiger partial charge in [0.2, 0.25) is 10.0 Å². The Morgan fingerprint density at radius 1 is 1.03 bits per heavy atom. The molecule has 35 heavy (non-hydrogen) atoms. The molecule has 2 fully saturated rings. The number of hydrogen-bond acceptors (Lipinski definition) is 5. The summed E-state index contributed by atoms with van der Waals surface area (Å²) in [4.78, 5) is 20.1. The molecule has 1 unspecified atom stereocenters. The van der Waals surface area contributed by atoms with Gasteiger partial charge in [-0.3, -0.25) is 4.90 Å². The van der Waals surface area contributed by atoms with Gasteiger partial charge in [-0.2, -0.15) is 4.31 Å². The maximum Gasteiger partial charge on any atom is 0.416 e. The Morgan fingerprint density at radius 2 is 1.71 bits per heavy atom. The Hall–Kier alpha value is -2.45. The van der Waals surface area contributed by atoms with Crippen molar-refractivity contribution in [3.05, 3.63) is 53.7 Å². The highest BCUT2D eigenvalue weighted by Gasteiger charge is 2.40. The Kier molecular flexibility index (Phi) is 7.52. The number of amides is 1. The van der Waals surface area contributed by atoms with E-state index in [2.05, 4.69) is 4.98 Å². The number of carbonyl (C=O) groups excluding carboxylic acids is 1. The summed E-state index contributed by atoms with van der Waals surface area (Å²) in [5.74, 6) is 0.518. The summed E-state index contributed by atoms with van der Waals surface area (Å²) in [6, 6.07) is 10.3. The first-order chi connectivity index (χ1) is 16.6. The van der Waals surface area contributed by atoms with Gasteiger partial charge in [-0.25, -0.2) is 18.2 Å². The van der Waals surface area contributed by atoms with E-state index in [1.165, 1.54) is 0 Å². The SMILES string of the molecule is Cc1ccc(S(=O)(=O)N2CCCC2c2cccnc2N(C(=O)OC(C)(C)C)C2CCCCC2)cc1. The molecule has 2 aromatic rings. The number of benzene rings is 1. The highest BCUT2D eigenvalue weighted by Crippen LogP contribution is 2.41. The van der Waals surface area contributed by atoms with Crippen molar-refractivity contribution >= 4 is 21.9 Å². The zero-order chi connectivity index (χ0) is 25.2. The van der Waals surface area contributed by atoms with Crippen LogP contribution in [0.2, 0.25) is 0 Å². The van der Waals surface area contributed by atoms with E-state index in [4.69, 9.17) is 4.74 Å². The molecule has 0 radical (unpaired) electrons. The predicted octanol–water partition coefficient (Wildman–Crippen LogP) is 5.99. The first kappa shape index (κ1) is 25.6. The van der Waals surface area contributed by atoms with Gasteiger partial charge in [0.05, 0.1) is 10.9 Å². The van der Waals surface area contributed by atoms with E-state index in [9.17, 15) is 13.2 Å². The number of sulfonamides is 1. The third-order valence-corrected chi connectivity index (χ3v) is 8.69. The Bertz CT molecular complexity index is 1140. The molecule has 1 saturated heterocycles. The zero-order valence-electron chi connectivity index (χ0n) is 21.2. The van der Waals surface area contributed by atoms with Crippen molar-refractivity contribution < 1.29 is 17.9 Å². The second-order valence-corrected chi connectivity index (χ2v) is 12.5. The minimum atomic E-state index is -3.70. The van der Waals surface area contributed by atoms with E-state index < -0.39 is 27.8 Å². The van der Waals surface area contributed by atoms with Crippen LogP contribution in [-0.4, -0.2) is 42.0 Å². The molecule has 2 heterocycles. The molecule has 4 rings (SSSR count). The lowest BCUT2D eigenvalue weighted by Gasteiger charge is -2.37. The molecular formula is C27H37N3O4S. The summed E-state index contributed by atoms with van der Waals surface area (Å²) in [6.07, 6.45) is 7.68. The maximum absolute atomic E-state index is 13.6. The number of ether oxygens (including phenoxy) is 1. The number of nitrogens with zero attached hydrogens (tertiary/aromatic N) is 3. The van der Waals surface area contributed by atoms with Gasteiger partial charge >= 0.3 is 6.09 Å². The molecule has 1 amide bonds. The van der Waals surface area contributed by atoms with Crippen LogP contribution >= 0.6 is 0 Å². The lowest BCUT2D eigenvalue weighted by Crippen LogP contribution is -2.46. The van der Waals surface area contributed by atoms with Crippen molar-refractivity contribution in [3.8, 4) is 0 Å². The zero-order valence-corrected chi connectivity index (χ0v) is 22.1. The summed E-state index contributed by atoms with van der Waals surface area (Å²) < 4.78 is 34.7. The van der Waals surface area contributed by atoms with Gasteiger partial charge < -0.3 is 4.74 Å². The minimum absolute atomic E-state index is 0.0178. The van der Waals surface area contributed by atoms with Crippen molar-refractivity contribution in [1.82, 2.24) is 9.29 Å². The van der Waals surface area contributed by atoms with Crippen LogP contribution in [0.1, 0.15) is 82.9 Å². The molecule has 2 aliphatic rings. The van der Waals surface area contributed by atoms with Crippen molar-refractivity contribution in [3.63, 3.8) is 0 Å². The fourth-order valence-corrected chi connectivity index (χ4v) is 6.79. The number of aryl methyl sites for hydroxylation is 1. The van der Waals surface area contributed by atoms with Crippen LogP contribution in [-0.2, 0) is 14.8 Å². The highest BCUT2D eigenvalue weighted by atomic mass is 32.2. The molecule has 1 aliphatic heterocycles. The first-order valence-electron chi connectivity index (χ1n) is 12.6. The van der Waals surface area contributed by atoms with E-state index in [1.807, 2.05) is 52.0 Å².